The largest absolute Gasteiger partial charge is 0.465 e. The molecule has 0 aliphatic rings. The number of ether oxygens (including phenoxy) is 1. The molecule has 0 spiro atoms. The molecule has 0 saturated heterocycles. The lowest BCUT2D eigenvalue weighted by Crippen LogP contribution is -2.36. The molecule has 1 aromatic heterocycles. The summed E-state index contributed by atoms with van der Waals surface area (Å²) in [6.45, 7) is 2.26. The van der Waals surface area contributed by atoms with E-state index in [0.29, 0.717) is 4.88 Å². The molecule has 0 aliphatic heterocycles. The van der Waals surface area contributed by atoms with Crippen LogP contribution in [-0.2, 0) is 9.53 Å². The van der Waals surface area contributed by atoms with Crippen molar-refractivity contribution in [1.29, 1.82) is 0 Å². The van der Waals surface area contributed by atoms with E-state index < -0.39 is 24.7 Å². The quantitative estimate of drug-likeness (QED) is 0.843. The SMILES string of the molecule is CCOC(=O)C(NCC(F)(F)F)c1sccc1C. The van der Waals surface area contributed by atoms with Gasteiger partial charge in [0.25, 0.3) is 0 Å². The molecule has 102 valence electrons. The van der Waals surface area contributed by atoms with Gasteiger partial charge < -0.3 is 4.74 Å². The number of thiophene rings is 1. The number of halogens is 3. The maximum Gasteiger partial charge on any atom is 0.401 e. The van der Waals surface area contributed by atoms with Gasteiger partial charge in [0.05, 0.1) is 13.2 Å². The molecule has 1 atom stereocenters. The number of aryl methyl sites for hydroxylation is 1. The summed E-state index contributed by atoms with van der Waals surface area (Å²) in [5, 5.41) is 3.93. The maximum absolute atomic E-state index is 12.2. The van der Waals surface area contributed by atoms with Gasteiger partial charge in [-0.15, -0.1) is 11.3 Å². The molecule has 1 heterocycles. The molecule has 0 radical (unpaired) electrons. The minimum absolute atomic E-state index is 0.132. The Labute approximate surface area is 107 Å². The van der Waals surface area contributed by atoms with E-state index in [1.165, 1.54) is 11.3 Å². The van der Waals surface area contributed by atoms with Gasteiger partial charge in [-0.1, -0.05) is 0 Å². The predicted molar refractivity (Wildman–Crippen MR) is 62.5 cm³/mol. The highest BCUT2D eigenvalue weighted by Gasteiger charge is 2.32. The Morgan fingerprint density at radius 2 is 2.22 bits per heavy atom. The number of hydrogen-bond acceptors (Lipinski definition) is 4. The molecular weight excluding hydrogens is 267 g/mol. The Balaban J connectivity index is 2.83. The van der Waals surface area contributed by atoms with Crippen LogP contribution in [0.2, 0.25) is 0 Å². The lowest BCUT2D eigenvalue weighted by molar-refractivity contribution is -0.149. The van der Waals surface area contributed by atoms with Crippen LogP contribution in [0, 0.1) is 6.92 Å². The van der Waals surface area contributed by atoms with Gasteiger partial charge in [-0.3, -0.25) is 5.32 Å². The highest BCUT2D eigenvalue weighted by molar-refractivity contribution is 7.10. The van der Waals surface area contributed by atoms with E-state index in [1.54, 1.807) is 25.3 Å². The lowest BCUT2D eigenvalue weighted by atomic mass is 10.1. The van der Waals surface area contributed by atoms with Crippen LogP contribution >= 0.6 is 11.3 Å². The van der Waals surface area contributed by atoms with Gasteiger partial charge in [-0.25, -0.2) is 4.79 Å². The van der Waals surface area contributed by atoms with E-state index in [9.17, 15) is 18.0 Å². The monoisotopic (exact) mass is 281 g/mol. The van der Waals surface area contributed by atoms with Crippen molar-refractivity contribution in [2.45, 2.75) is 26.1 Å². The number of rotatable bonds is 5. The van der Waals surface area contributed by atoms with Crippen LogP contribution in [0.15, 0.2) is 11.4 Å². The molecule has 3 nitrogen and oxygen atoms in total. The van der Waals surface area contributed by atoms with Crippen molar-refractivity contribution in [1.82, 2.24) is 5.32 Å². The number of hydrogen-bond donors (Lipinski definition) is 1. The zero-order valence-electron chi connectivity index (χ0n) is 10.0. The van der Waals surface area contributed by atoms with E-state index in [2.05, 4.69) is 5.32 Å². The molecule has 1 rings (SSSR count). The molecule has 0 aliphatic carbocycles. The Morgan fingerprint density at radius 3 is 2.67 bits per heavy atom. The molecule has 0 fully saturated rings. The van der Waals surface area contributed by atoms with E-state index >= 15 is 0 Å². The average Bonchev–Trinajstić information content (AvgIpc) is 2.64. The third-order valence-electron chi connectivity index (χ3n) is 2.19. The summed E-state index contributed by atoms with van der Waals surface area (Å²) in [6, 6.07) is 0.688. The van der Waals surface area contributed by atoms with Gasteiger partial charge in [0, 0.05) is 4.88 Å². The molecule has 0 aromatic carbocycles. The van der Waals surface area contributed by atoms with Crippen molar-refractivity contribution in [3.05, 3.63) is 21.9 Å². The standard InChI is InChI=1S/C11H14F3NO2S/c1-3-17-10(16)8(15-6-11(12,13)14)9-7(2)4-5-18-9/h4-5,8,15H,3,6H2,1-2H3. The van der Waals surface area contributed by atoms with Gasteiger partial charge in [0.1, 0.15) is 6.04 Å². The normalized spacial score (nSPS) is 13.4. The molecular formula is C11H14F3NO2S. The van der Waals surface area contributed by atoms with Crippen LogP contribution < -0.4 is 5.32 Å². The summed E-state index contributed by atoms with van der Waals surface area (Å²) in [7, 11) is 0. The minimum Gasteiger partial charge on any atom is -0.465 e. The Kier molecular flexibility index (Phi) is 5.15. The Bertz CT molecular complexity index is 403. The zero-order chi connectivity index (χ0) is 13.8. The highest BCUT2D eigenvalue weighted by atomic mass is 32.1. The number of alkyl halides is 3. The zero-order valence-corrected chi connectivity index (χ0v) is 10.8. The van der Waals surface area contributed by atoms with Crippen LogP contribution in [-0.4, -0.2) is 25.3 Å². The molecule has 18 heavy (non-hydrogen) atoms. The molecule has 0 bridgehead atoms. The van der Waals surface area contributed by atoms with Gasteiger partial charge in [-0.05, 0) is 30.9 Å². The second kappa shape index (κ2) is 6.19. The number of nitrogens with one attached hydrogen (secondary N) is 1. The Hall–Kier alpha value is -1.08. The van der Waals surface area contributed by atoms with Crippen LogP contribution in [0.5, 0.6) is 0 Å². The third-order valence-corrected chi connectivity index (χ3v) is 3.28. The average molecular weight is 281 g/mol. The van der Waals surface area contributed by atoms with E-state index in [4.69, 9.17) is 4.74 Å². The van der Waals surface area contributed by atoms with E-state index in [-0.39, 0.29) is 6.61 Å². The molecule has 0 amide bonds. The summed E-state index contributed by atoms with van der Waals surface area (Å²) in [5.74, 6) is -0.688. The highest BCUT2D eigenvalue weighted by Crippen LogP contribution is 2.26. The summed E-state index contributed by atoms with van der Waals surface area (Å²) in [4.78, 5) is 12.2. The fraction of sp³-hybridized carbons (Fsp3) is 0.545. The smallest absolute Gasteiger partial charge is 0.401 e. The van der Waals surface area contributed by atoms with Gasteiger partial charge in [0.15, 0.2) is 0 Å². The van der Waals surface area contributed by atoms with Gasteiger partial charge >= 0.3 is 12.1 Å². The fourth-order valence-corrected chi connectivity index (χ4v) is 2.39. The van der Waals surface area contributed by atoms with Crippen LogP contribution in [0.3, 0.4) is 0 Å². The first-order chi connectivity index (χ1) is 8.35. The second-order valence-electron chi connectivity index (χ2n) is 3.65. The third kappa shape index (κ3) is 4.30. The first-order valence-corrected chi connectivity index (χ1v) is 6.24. The lowest BCUT2D eigenvalue weighted by Gasteiger charge is -2.18. The predicted octanol–water partition coefficient (Wildman–Crippen LogP) is 2.81. The summed E-state index contributed by atoms with van der Waals surface area (Å²) in [5.41, 5.74) is 0.771. The minimum atomic E-state index is -4.37. The van der Waals surface area contributed by atoms with E-state index in [1.807, 2.05) is 0 Å². The van der Waals surface area contributed by atoms with Crippen LogP contribution in [0.25, 0.3) is 0 Å². The summed E-state index contributed by atoms with van der Waals surface area (Å²) in [6.07, 6.45) is -4.37. The topological polar surface area (TPSA) is 38.3 Å². The van der Waals surface area contributed by atoms with Crippen molar-refractivity contribution >= 4 is 17.3 Å². The van der Waals surface area contributed by atoms with Crippen molar-refractivity contribution < 1.29 is 22.7 Å². The first-order valence-electron chi connectivity index (χ1n) is 5.36. The Morgan fingerprint density at radius 1 is 1.56 bits per heavy atom. The summed E-state index contributed by atoms with van der Waals surface area (Å²) >= 11 is 1.23. The number of esters is 1. The van der Waals surface area contributed by atoms with Crippen molar-refractivity contribution in [2.75, 3.05) is 13.2 Å². The number of carbonyl (C=O) groups excluding carboxylic acids is 1. The molecule has 7 heteroatoms. The summed E-state index contributed by atoms with van der Waals surface area (Å²) < 4.78 is 41.4. The molecule has 1 unspecified atom stereocenters. The second-order valence-corrected chi connectivity index (χ2v) is 4.60. The maximum atomic E-state index is 12.2. The van der Waals surface area contributed by atoms with Crippen LogP contribution in [0.4, 0.5) is 13.2 Å². The van der Waals surface area contributed by atoms with Gasteiger partial charge in [-0.2, -0.15) is 13.2 Å². The molecule has 1 N–H and O–H groups in total. The fourth-order valence-electron chi connectivity index (χ4n) is 1.41. The van der Waals surface area contributed by atoms with Crippen LogP contribution in [0.1, 0.15) is 23.4 Å². The number of carbonyl (C=O) groups is 1. The van der Waals surface area contributed by atoms with Crippen molar-refractivity contribution in [3.8, 4) is 0 Å². The molecule has 1 aromatic rings. The van der Waals surface area contributed by atoms with Crippen molar-refractivity contribution in [3.63, 3.8) is 0 Å². The first kappa shape index (κ1) is 15.0. The van der Waals surface area contributed by atoms with Crippen molar-refractivity contribution in [2.24, 2.45) is 0 Å². The van der Waals surface area contributed by atoms with Gasteiger partial charge in [0.2, 0.25) is 0 Å². The molecule has 0 saturated carbocycles. The van der Waals surface area contributed by atoms with E-state index in [0.717, 1.165) is 5.56 Å².